The average Bonchev–Trinajstić information content (AvgIpc) is 2.34. The van der Waals surface area contributed by atoms with Gasteiger partial charge in [-0.05, 0) is 17.9 Å². The number of hydrogen-bond acceptors (Lipinski definition) is 4. The van der Waals surface area contributed by atoms with Gasteiger partial charge in [0.15, 0.2) is 0 Å². The van der Waals surface area contributed by atoms with E-state index in [4.69, 9.17) is 16.3 Å². The van der Waals surface area contributed by atoms with E-state index in [2.05, 4.69) is 19.2 Å². The Morgan fingerprint density at radius 2 is 2.16 bits per heavy atom. The molecule has 0 heterocycles. The van der Waals surface area contributed by atoms with E-state index in [1.165, 1.54) is 6.07 Å². The second-order valence-corrected chi connectivity index (χ2v) is 5.56. The molecule has 0 aromatic heterocycles. The molecule has 1 N–H and O–H groups in total. The number of nitro groups is 1. The highest BCUT2D eigenvalue weighted by molar-refractivity contribution is 6.33. The maximum Gasteiger partial charge on any atom is 0.293 e. The van der Waals surface area contributed by atoms with Crippen LogP contribution in [0.5, 0.6) is 0 Å². The molecule has 0 fully saturated rings. The molecular weight excluding hydrogens is 268 g/mol. The van der Waals surface area contributed by atoms with E-state index in [-0.39, 0.29) is 11.1 Å². The van der Waals surface area contributed by atoms with E-state index in [1.54, 1.807) is 19.2 Å². The Morgan fingerprint density at radius 1 is 1.47 bits per heavy atom. The fraction of sp³-hybridized carbons (Fsp3) is 0.538. The van der Waals surface area contributed by atoms with Gasteiger partial charge in [-0.2, -0.15) is 0 Å². The third-order valence-electron chi connectivity index (χ3n) is 2.91. The summed E-state index contributed by atoms with van der Waals surface area (Å²) >= 11 is 6.02. The van der Waals surface area contributed by atoms with Gasteiger partial charge in [0, 0.05) is 26.3 Å². The first-order chi connectivity index (χ1) is 8.87. The van der Waals surface area contributed by atoms with E-state index >= 15 is 0 Å². The molecule has 0 aliphatic carbocycles. The van der Waals surface area contributed by atoms with Gasteiger partial charge in [-0.3, -0.25) is 10.1 Å². The molecule has 0 saturated carbocycles. The normalized spacial score (nSPS) is 11.4. The number of halogens is 1. The topological polar surface area (TPSA) is 64.4 Å². The lowest BCUT2D eigenvalue weighted by Gasteiger charge is -2.25. The zero-order chi connectivity index (χ0) is 14.5. The van der Waals surface area contributed by atoms with Crippen molar-refractivity contribution in [1.29, 1.82) is 0 Å². The molecule has 1 aromatic rings. The molecule has 0 amide bonds. The van der Waals surface area contributed by atoms with E-state index < -0.39 is 4.92 Å². The Labute approximate surface area is 118 Å². The summed E-state index contributed by atoms with van der Waals surface area (Å²) in [5.74, 6) is 0. The van der Waals surface area contributed by atoms with Crippen molar-refractivity contribution in [3.05, 3.63) is 33.3 Å². The summed E-state index contributed by atoms with van der Waals surface area (Å²) in [7, 11) is 1.66. The summed E-state index contributed by atoms with van der Waals surface area (Å²) in [5.41, 5.74) is 0.331. The summed E-state index contributed by atoms with van der Waals surface area (Å²) < 4.78 is 5.05. The zero-order valence-electron chi connectivity index (χ0n) is 11.4. The fourth-order valence-corrected chi connectivity index (χ4v) is 1.87. The number of nitrogens with zero attached hydrogens (tertiary/aromatic N) is 1. The Bertz CT molecular complexity index is 450. The first-order valence-electron chi connectivity index (χ1n) is 6.03. The molecule has 106 valence electrons. The van der Waals surface area contributed by atoms with Crippen molar-refractivity contribution >= 4 is 23.0 Å². The van der Waals surface area contributed by atoms with Crippen LogP contribution in [-0.4, -0.2) is 25.2 Å². The van der Waals surface area contributed by atoms with Gasteiger partial charge in [0.2, 0.25) is 0 Å². The average molecular weight is 287 g/mol. The van der Waals surface area contributed by atoms with Gasteiger partial charge in [-0.15, -0.1) is 0 Å². The van der Waals surface area contributed by atoms with Gasteiger partial charge in [0.05, 0.1) is 9.95 Å². The number of anilines is 1. The number of ether oxygens (including phenoxy) is 1. The lowest BCUT2D eigenvalue weighted by Crippen LogP contribution is -2.25. The second-order valence-electron chi connectivity index (χ2n) is 5.15. The Hall–Kier alpha value is -1.33. The van der Waals surface area contributed by atoms with Crippen molar-refractivity contribution in [2.75, 3.05) is 25.6 Å². The third kappa shape index (κ3) is 4.69. The smallest absolute Gasteiger partial charge is 0.293 e. The minimum atomic E-state index is -0.434. The second kappa shape index (κ2) is 6.73. The Balaban J connectivity index is 2.80. The molecule has 19 heavy (non-hydrogen) atoms. The van der Waals surface area contributed by atoms with Crippen LogP contribution >= 0.6 is 11.6 Å². The Morgan fingerprint density at radius 3 is 2.74 bits per heavy atom. The molecule has 0 unspecified atom stereocenters. The first kappa shape index (κ1) is 15.7. The maximum absolute atomic E-state index is 11.0. The number of methoxy groups -OCH3 is 1. The molecular formula is C13H19ClN2O3. The van der Waals surface area contributed by atoms with Crippen LogP contribution in [0.1, 0.15) is 20.3 Å². The van der Waals surface area contributed by atoms with E-state index in [0.29, 0.717) is 23.9 Å². The highest BCUT2D eigenvalue weighted by atomic mass is 35.5. The molecule has 0 atom stereocenters. The summed E-state index contributed by atoms with van der Waals surface area (Å²) in [6.45, 7) is 5.38. The van der Waals surface area contributed by atoms with E-state index in [0.717, 1.165) is 6.42 Å². The lowest BCUT2D eigenvalue weighted by molar-refractivity contribution is -0.383. The monoisotopic (exact) mass is 286 g/mol. The molecule has 5 nitrogen and oxygen atoms in total. The number of nitrogens with one attached hydrogen (secondary N) is 1. The van der Waals surface area contributed by atoms with Crippen LogP contribution in [0.15, 0.2) is 18.2 Å². The summed E-state index contributed by atoms with van der Waals surface area (Å²) in [4.78, 5) is 10.5. The van der Waals surface area contributed by atoms with Crippen LogP contribution in [0.4, 0.5) is 11.4 Å². The number of nitro benzene ring substituents is 1. The van der Waals surface area contributed by atoms with Gasteiger partial charge in [0.25, 0.3) is 5.69 Å². The Kier molecular flexibility index (Phi) is 5.57. The number of benzene rings is 1. The predicted molar refractivity (Wildman–Crippen MR) is 76.9 cm³/mol. The van der Waals surface area contributed by atoms with Crippen molar-refractivity contribution in [1.82, 2.24) is 0 Å². The molecule has 0 aliphatic rings. The number of para-hydroxylation sites is 1. The van der Waals surface area contributed by atoms with Gasteiger partial charge in [-0.25, -0.2) is 0 Å². The van der Waals surface area contributed by atoms with E-state index in [9.17, 15) is 10.1 Å². The molecule has 1 rings (SSSR count). The molecule has 0 aliphatic heterocycles. The van der Waals surface area contributed by atoms with Gasteiger partial charge >= 0.3 is 0 Å². The summed E-state index contributed by atoms with van der Waals surface area (Å²) in [6, 6.07) is 4.65. The standard InChI is InChI=1S/C13H19ClN2O3/c1-13(2,7-8-19-3)9-15-12-10(14)5-4-6-11(12)16(17)18/h4-6,15H,7-9H2,1-3H3. The third-order valence-corrected chi connectivity index (χ3v) is 3.23. The van der Waals surface area contributed by atoms with Crippen LogP contribution in [0, 0.1) is 15.5 Å². The zero-order valence-corrected chi connectivity index (χ0v) is 12.2. The minimum Gasteiger partial charge on any atom is -0.385 e. The molecule has 0 radical (unpaired) electrons. The van der Waals surface area contributed by atoms with Crippen LogP contribution in [0.2, 0.25) is 5.02 Å². The highest BCUT2D eigenvalue weighted by Crippen LogP contribution is 2.33. The molecule has 1 aromatic carbocycles. The van der Waals surface area contributed by atoms with Crippen LogP contribution in [0.25, 0.3) is 0 Å². The van der Waals surface area contributed by atoms with Crippen LogP contribution < -0.4 is 5.32 Å². The van der Waals surface area contributed by atoms with Gasteiger partial charge < -0.3 is 10.1 Å². The molecule has 6 heteroatoms. The van der Waals surface area contributed by atoms with Crippen molar-refractivity contribution in [2.24, 2.45) is 5.41 Å². The van der Waals surface area contributed by atoms with Crippen molar-refractivity contribution in [2.45, 2.75) is 20.3 Å². The quantitative estimate of drug-likeness (QED) is 0.613. The van der Waals surface area contributed by atoms with Crippen LogP contribution in [-0.2, 0) is 4.74 Å². The maximum atomic E-state index is 11.0. The van der Waals surface area contributed by atoms with Gasteiger partial charge in [-0.1, -0.05) is 31.5 Å². The largest absolute Gasteiger partial charge is 0.385 e. The molecule has 0 bridgehead atoms. The fourth-order valence-electron chi connectivity index (χ4n) is 1.63. The highest BCUT2D eigenvalue weighted by Gasteiger charge is 2.21. The molecule has 0 saturated heterocycles. The van der Waals surface area contributed by atoms with Crippen molar-refractivity contribution in [3.63, 3.8) is 0 Å². The van der Waals surface area contributed by atoms with Crippen LogP contribution in [0.3, 0.4) is 0 Å². The summed E-state index contributed by atoms with van der Waals surface area (Å²) in [6.07, 6.45) is 0.856. The SMILES string of the molecule is COCCC(C)(C)CNc1c(Cl)cccc1[N+](=O)[O-]. The van der Waals surface area contributed by atoms with Gasteiger partial charge in [0.1, 0.15) is 5.69 Å². The predicted octanol–water partition coefficient (Wildman–Crippen LogP) is 3.72. The minimum absolute atomic E-state index is 0.00459. The number of rotatable bonds is 7. The van der Waals surface area contributed by atoms with E-state index in [1.807, 2.05) is 0 Å². The van der Waals surface area contributed by atoms with Crippen molar-refractivity contribution in [3.8, 4) is 0 Å². The first-order valence-corrected chi connectivity index (χ1v) is 6.41. The summed E-state index contributed by atoms with van der Waals surface area (Å²) in [5, 5.41) is 14.4. The number of hydrogen-bond donors (Lipinski definition) is 1. The van der Waals surface area contributed by atoms with Crippen molar-refractivity contribution < 1.29 is 9.66 Å². The lowest BCUT2D eigenvalue weighted by atomic mass is 9.89. The molecule has 0 spiro atoms.